The maximum Gasteiger partial charge on any atom is 0.423 e. The van der Waals surface area contributed by atoms with Gasteiger partial charge in [0.05, 0.1) is 12.7 Å². The second-order valence-electron chi connectivity index (χ2n) is 7.07. The van der Waals surface area contributed by atoms with Crippen LogP contribution in [-0.4, -0.2) is 26.3 Å². The van der Waals surface area contributed by atoms with E-state index in [2.05, 4.69) is 16.4 Å². The fraction of sp³-hybridized carbons (Fsp3) is 0.421. The fourth-order valence-electron chi connectivity index (χ4n) is 3.40. The zero-order valence-electron chi connectivity index (χ0n) is 15.0. The maximum atomic E-state index is 13.2. The van der Waals surface area contributed by atoms with Gasteiger partial charge in [0.25, 0.3) is 0 Å². The second kappa shape index (κ2) is 6.57. The minimum Gasteiger partial charge on any atom is -0.375 e. The first kappa shape index (κ1) is 18.9. The Morgan fingerprint density at radius 1 is 1.36 bits per heavy atom. The summed E-state index contributed by atoms with van der Waals surface area (Å²) in [6.45, 7) is 1.47. The van der Waals surface area contributed by atoms with E-state index in [9.17, 15) is 23.5 Å². The molecule has 1 N–H and O–H groups in total. The molecule has 1 saturated carbocycles. The highest BCUT2D eigenvalue weighted by molar-refractivity contribution is 7.19. The van der Waals surface area contributed by atoms with Gasteiger partial charge in [-0.2, -0.15) is 18.4 Å². The monoisotopic (exact) mass is 406 g/mol. The summed E-state index contributed by atoms with van der Waals surface area (Å²) in [5, 5.41) is 27.8. The molecule has 0 aliphatic heterocycles. The highest BCUT2D eigenvalue weighted by Crippen LogP contribution is 2.48. The van der Waals surface area contributed by atoms with E-state index in [1.807, 2.05) is 18.2 Å². The van der Waals surface area contributed by atoms with Crippen molar-refractivity contribution in [3.05, 3.63) is 46.1 Å². The first-order chi connectivity index (χ1) is 13.3. The van der Waals surface area contributed by atoms with Gasteiger partial charge in [0, 0.05) is 4.70 Å². The Morgan fingerprint density at radius 3 is 2.71 bits per heavy atom. The minimum atomic E-state index is -4.83. The number of nitriles is 1. The largest absolute Gasteiger partial charge is 0.423 e. The highest BCUT2D eigenvalue weighted by Gasteiger charge is 2.55. The normalized spacial score (nSPS) is 16.9. The maximum absolute atomic E-state index is 13.2. The van der Waals surface area contributed by atoms with Crippen LogP contribution >= 0.6 is 11.3 Å². The summed E-state index contributed by atoms with van der Waals surface area (Å²) in [6, 6.07) is 8.06. The number of rotatable bonds is 5. The SMILES string of the molecule is CCC(O)(c1cn(Cc2ccc3c(C4CC4)c(C#N)sc3c2)nn1)C(F)(F)F. The topological polar surface area (TPSA) is 74.7 Å². The molecular formula is C19H17F3N4OS. The smallest absolute Gasteiger partial charge is 0.375 e. The lowest BCUT2D eigenvalue weighted by atomic mass is 9.96. The van der Waals surface area contributed by atoms with E-state index in [1.165, 1.54) is 22.9 Å². The zero-order valence-corrected chi connectivity index (χ0v) is 15.8. The van der Waals surface area contributed by atoms with Crippen LogP contribution in [-0.2, 0) is 12.1 Å². The lowest BCUT2D eigenvalue weighted by molar-refractivity contribution is -0.269. The first-order valence-corrected chi connectivity index (χ1v) is 9.73. The molecule has 5 nitrogen and oxygen atoms in total. The number of aliphatic hydroxyl groups is 1. The molecule has 1 aliphatic carbocycles. The summed E-state index contributed by atoms with van der Waals surface area (Å²) < 4.78 is 41.8. The summed E-state index contributed by atoms with van der Waals surface area (Å²) in [5.74, 6) is 0.459. The fourth-order valence-corrected chi connectivity index (χ4v) is 4.55. The molecule has 0 spiro atoms. The van der Waals surface area contributed by atoms with E-state index in [4.69, 9.17) is 0 Å². The lowest BCUT2D eigenvalue weighted by Crippen LogP contribution is -2.42. The number of thiophene rings is 1. The van der Waals surface area contributed by atoms with E-state index in [1.54, 1.807) is 0 Å². The second-order valence-corrected chi connectivity index (χ2v) is 8.13. The van der Waals surface area contributed by atoms with Gasteiger partial charge in [-0.1, -0.05) is 24.3 Å². The van der Waals surface area contributed by atoms with Crippen molar-refractivity contribution >= 4 is 21.4 Å². The van der Waals surface area contributed by atoms with Gasteiger partial charge in [-0.25, -0.2) is 4.68 Å². The predicted molar refractivity (Wildman–Crippen MR) is 97.9 cm³/mol. The highest BCUT2D eigenvalue weighted by atomic mass is 32.1. The molecule has 4 rings (SSSR count). The van der Waals surface area contributed by atoms with E-state index < -0.39 is 23.9 Å². The van der Waals surface area contributed by atoms with E-state index in [0.29, 0.717) is 5.92 Å². The average Bonchev–Trinajstić information content (AvgIpc) is 3.26. The molecular weight excluding hydrogens is 389 g/mol. The van der Waals surface area contributed by atoms with E-state index in [-0.39, 0.29) is 6.54 Å². The number of benzene rings is 1. The van der Waals surface area contributed by atoms with Crippen LogP contribution in [0.3, 0.4) is 0 Å². The Bertz CT molecular complexity index is 1080. The van der Waals surface area contributed by atoms with Gasteiger partial charge in [0.1, 0.15) is 16.6 Å². The van der Waals surface area contributed by atoms with Crippen molar-refractivity contribution in [2.45, 2.75) is 50.4 Å². The standard InChI is InChI=1S/C19H17F3N4OS/c1-2-18(27,19(20,21)22)16-10-26(25-24-16)9-11-3-6-13-14(7-11)28-15(8-23)17(13)12-4-5-12/h3,6-7,10,12,27H,2,4-5,9H2,1H3. The van der Waals surface area contributed by atoms with Crippen molar-refractivity contribution in [3.63, 3.8) is 0 Å². The zero-order chi connectivity index (χ0) is 20.1. The van der Waals surface area contributed by atoms with Crippen LogP contribution in [0.15, 0.2) is 24.4 Å². The Labute approximate surface area is 163 Å². The number of fused-ring (bicyclic) bond motifs is 1. The third-order valence-electron chi connectivity index (χ3n) is 5.17. The van der Waals surface area contributed by atoms with Crippen molar-refractivity contribution in [1.82, 2.24) is 15.0 Å². The van der Waals surface area contributed by atoms with Crippen LogP contribution in [0.25, 0.3) is 10.1 Å². The molecule has 3 aromatic rings. The summed E-state index contributed by atoms with van der Waals surface area (Å²) in [4.78, 5) is 0.732. The van der Waals surface area contributed by atoms with Gasteiger partial charge >= 0.3 is 6.18 Å². The molecule has 0 radical (unpaired) electrons. The van der Waals surface area contributed by atoms with Crippen LogP contribution in [0.5, 0.6) is 0 Å². The average molecular weight is 406 g/mol. The Balaban J connectivity index is 1.63. The molecule has 28 heavy (non-hydrogen) atoms. The Hall–Kier alpha value is -2.44. The van der Waals surface area contributed by atoms with Gasteiger partial charge in [-0.05, 0) is 47.8 Å². The molecule has 2 aromatic heterocycles. The number of alkyl halides is 3. The van der Waals surface area contributed by atoms with E-state index in [0.717, 1.165) is 45.1 Å². The summed E-state index contributed by atoms with van der Waals surface area (Å²) >= 11 is 1.44. The van der Waals surface area contributed by atoms with E-state index >= 15 is 0 Å². The number of hydrogen-bond donors (Lipinski definition) is 1. The third-order valence-corrected chi connectivity index (χ3v) is 6.24. The van der Waals surface area contributed by atoms with Crippen molar-refractivity contribution in [2.75, 3.05) is 0 Å². The number of nitrogens with zero attached hydrogens (tertiary/aromatic N) is 4. The lowest BCUT2D eigenvalue weighted by Gasteiger charge is -2.26. The van der Waals surface area contributed by atoms with Gasteiger partial charge in [-0.15, -0.1) is 16.4 Å². The number of halogens is 3. The molecule has 1 aromatic carbocycles. The molecule has 1 unspecified atom stereocenters. The van der Waals surface area contributed by atoms with Gasteiger partial charge < -0.3 is 5.11 Å². The molecule has 2 heterocycles. The first-order valence-electron chi connectivity index (χ1n) is 8.92. The molecule has 1 aliphatic rings. The van der Waals surface area contributed by atoms with Gasteiger partial charge in [0.15, 0.2) is 0 Å². The van der Waals surface area contributed by atoms with Gasteiger partial charge in [-0.3, -0.25) is 0 Å². The number of aromatic nitrogens is 3. The molecule has 1 fully saturated rings. The van der Waals surface area contributed by atoms with Crippen LogP contribution in [0.2, 0.25) is 0 Å². The number of hydrogen-bond acceptors (Lipinski definition) is 5. The quantitative estimate of drug-likeness (QED) is 0.679. The molecule has 0 bridgehead atoms. The molecule has 0 amide bonds. The van der Waals surface area contributed by atoms with Crippen molar-refractivity contribution in [2.24, 2.45) is 0 Å². The van der Waals surface area contributed by atoms with Crippen LogP contribution in [0.4, 0.5) is 13.2 Å². The molecule has 146 valence electrons. The van der Waals surface area contributed by atoms with Crippen LogP contribution in [0, 0.1) is 11.3 Å². The summed E-state index contributed by atoms with van der Waals surface area (Å²) in [6.07, 6.45) is -2.04. The summed E-state index contributed by atoms with van der Waals surface area (Å²) in [7, 11) is 0. The third kappa shape index (κ3) is 3.06. The minimum absolute atomic E-state index is 0.221. The predicted octanol–water partition coefficient (Wildman–Crippen LogP) is 4.45. The van der Waals surface area contributed by atoms with Crippen LogP contribution < -0.4 is 0 Å². The van der Waals surface area contributed by atoms with Crippen LogP contribution in [0.1, 0.15) is 53.8 Å². The summed E-state index contributed by atoms with van der Waals surface area (Å²) in [5.41, 5.74) is -1.56. The molecule has 0 saturated heterocycles. The van der Waals surface area contributed by atoms with Crippen molar-refractivity contribution in [3.8, 4) is 6.07 Å². The Kier molecular flexibility index (Phi) is 4.43. The van der Waals surface area contributed by atoms with Crippen molar-refractivity contribution in [1.29, 1.82) is 5.26 Å². The molecule has 9 heteroatoms. The Morgan fingerprint density at radius 2 is 2.11 bits per heavy atom. The molecule has 1 atom stereocenters. The van der Waals surface area contributed by atoms with Crippen molar-refractivity contribution < 1.29 is 18.3 Å². The van der Waals surface area contributed by atoms with Gasteiger partial charge in [0.2, 0.25) is 5.60 Å².